The fourth-order valence-electron chi connectivity index (χ4n) is 3.74. The zero-order valence-corrected chi connectivity index (χ0v) is 16.1. The van der Waals surface area contributed by atoms with Crippen LogP contribution in [-0.2, 0) is 6.54 Å². The molecular weight excluding hydrogens is 338 g/mol. The molecule has 1 fully saturated rings. The van der Waals surface area contributed by atoms with E-state index in [2.05, 4.69) is 22.3 Å². The van der Waals surface area contributed by atoms with Gasteiger partial charge in [-0.1, -0.05) is 43.2 Å². The Morgan fingerprint density at radius 1 is 1.07 bits per heavy atom. The Bertz CT molecular complexity index is 793. The highest BCUT2D eigenvalue weighted by molar-refractivity contribution is 5.94. The van der Waals surface area contributed by atoms with Gasteiger partial charge in [0.1, 0.15) is 0 Å². The Kier molecular flexibility index (Phi) is 6.82. The van der Waals surface area contributed by atoms with Gasteiger partial charge in [-0.15, -0.1) is 0 Å². The predicted molar refractivity (Wildman–Crippen MR) is 108 cm³/mol. The monoisotopic (exact) mass is 367 g/mol. The van der Waals surface area contributed by atoms with Crippen LogP contribution in [0.15, 0.2) is 53.5 Å². The fraction of sp³-hybridized carbons (Fsp3) is 0.455. The van der Waals surface area contributed by atoms with Gasteiger partial charge in [-0.2, -0.15) is 0 Å². The van der Waals surface area contributed by atoms with Gasteiger partial charge in [-0.25, -0.2) is 0 Å². The minimum atomic E-state index is -0.189. The number of carbonyl (C=O) groups is 1. The van der Waals surface area contributed by atoms with E-state index in [1.807, 2.05) is 25.1 Å². The topological polar surface area (TPSA) is 54.3 Å². The molecule has 3 rings (SSSR count). The van der Waals surface area contributed by atoms with Crippen LogP contribution in [0, 0.1) is 0 Å². The van der Waals surface area contributed by atoms with Gasteiger partial charge in [-0.05, 0) is 44.5 Å². The molecule has 1 N–H and O–H groups in total. The third-order valence-corrected chi connectivity index (χ3v) is 5.32. The summed E-state index contributed by atoms with van der Waals surface area (Å²) in [6, 6.07) is 13.7. The molecular formula is C22H29N3O2. The maximum absolute atomic E-state index is 12.6. The lowest BCUT2D eigenvalue weighted by Gasteiger charge is -2.31. The zero-order valence-electron chi connectivity index (χ0n) is 16.1. The van der Waals surface area contributed by atoms with E-state index in [9.17, 15) is 9.59 Å². The minimum absolute atomic E-state index is 0.141. The summed E-state index contributed by atoms with van der Waals surface area (Å²) in [6.45, 7) is 5.17. The molecule has 2 heterocycles. The summed E-state index contributed by atoms with van der Waals surface area (Å²) in [5.74, 6) is -0.189. The Hall–Kier alpha value is -2.40. The molecule has 1 aliphatic heterocycles. The molecule has 0 saturated carbocycles. The normalized spacial score (nSPS) is 16.5. The number of aryl methyl sites for hydroxylation is 1. The number of benzene rings is 1. The van der Waals surface area contributed by atoms with E-state index in [4.69, 9.17) is 0 Å². The Labute approximate surface area is 161 Å². The van der Waals surface area contributed by atoms with Crippen LogP contribution >= 0.6 is 0 Å². The molecule has 0 aliphatic carbocycles. The molecule has 5 heteroatoms. The molecule has 27 heavy (non-hydrogen) atoms. The lowest BCUT2D eigenvalue weighted by atomic mass is 10.0. The highest BCUT2D eigenvalue weighted by Gasteiger charge is 2.22. The smallest absolute Gasteiger partial charge is 0.251 e. The molecule has 5 nitrogen and oxygen atoms in total. The van der Waals surface area contributed by atoms with Gasteiger partial charge >= 0.3 is 0 Å². The molecule has 2 aromatic rings. The first-order chi connectivity index (χ1) is 13.2. The van der Waals surface area contributed by atoms with Crippen LogP contribution in [0.5, 0.6) is 0 Å². The van der Waals surface area contributed by atoms with Crippen LogP contribution in [0.25, 0.3) is 0 Å². The zero-order chi connectivity index (χ0) is 19.1. The quantitative estimate of drug-likeness (QED) is 0.853. The predicted octanol–water partition coefficient (Wildman–Crippen LogP) is 3.22. The third kappa shape index (κ3) is 5.07. The van der Waals surface area contributed by atoms with Crippen molar-refractivity contribution >= 4 is 5.91 Å². The first-order valence-electron chi connectivity index (χ1n) is 9.96. The maximum Gasteiger partial charge on any atom is 0.251 e. The SMILES string of the molecule is CCn1ccc(C(=O)NCC(c2ccccc2)N2CCCCCC2)cc1=O. The molecule has 144 valence electrons. The van der Waals surface area contributed by atoms with Crippen molar-refractivity contribution in [3.63, 3.8) is 0 Å². The van der Waals surface area contributed by atoms with Crippen LogP contribution in [0.1, 0.15) is 54.6 Å². The number of pyridine rings is 1. The average molecular weight is 367 g/mol. The first kappa shape index (κ1) is 19.4. The molecule has 1 aromatic carbocycles. The van der Waals surface area contributed by atoms with Gasteiger partial charge < -0.3 is 9.88 Å². The van der Waals surface area contributed by atoms with E-state index in [0.717, 1.165) is 13.1 Å². The number of hydrogen-bond donors (Lipinski definition) is 1. The van der Waals surface area contributed by atoms with Crippen LogP contribution in [0.3, 0.4) is 0 Å². The standard InChI is InChI=1S/C22H29N3O2/c1-2-24-15-12-19(16-21(24)26)22(27)23-17-20(18-10-6-5-7-11-18)25-13-8-3-4-9-14-25/h5-7,10-12,15-16,20H,2-4,8-9,13-14,17H2,1H3,(H,23,27). The lowest BCUT2D eigenvalue weighted by Crippen LogP contribution is -2.39. The van der Waals surface area contributed by atoms with Crippen molar-refractivity contribution in [2.45, 2.75) is 45.2 Å². The van der Waals surface area contributed by atoms with Gasteiger partial charge in [0.05, 0.1) is 6.04 Å². The molecule has 0 radical (unpaired) electrons. The van der Waals surface area contributed by atoms with Crippen molar-refractivity contribution in [1.82, 2.24) is 14.8 Å². The van der Waals surface area contributed by atoms with Crippen LogP contribution < -0.4 is 10.9 Å². The van der Waals surface area contributed by atoms with Crippen LogP contribution in [-0.4, -0.2) is 35.0 Å². The molecule has 1 saturated heterocycles. The molecule has 0 bridgehead atoms. The van der Waals surface area contributed by atoms with Crippen molar-refractivity contribution in [2.24, 2.45) is 0 Å². The lowest BCUT2D eigenvalue weighted by molar-refractivity contribution is 0.0933. The molecule has 1 atom stereocenters. The van der Waals surface area contributed by atoms with E-state index in [1.165, 1.54) is 37.3 Å². The second-order valence-corrected chi connectivity index (χ2v) is 7.13. The van der Waals surface area contributed by atoms with E-state index in [-0.39, 0.29) is 17.5 Å². The Morgan fingerprint density at radius 3 is 2.41 bits per heavy atom. The second kappa shape index (κ2) is 9.51. The third-order valence-electron chi connectivity index (χ3n) is 5.32. The Balaban J connectivity index is 1.73. The fourth-order valence-corrected chi connectivity index (χ4v) is 3.74. The van der Waals surface area contributed by atoms with Crippen LogP contribution in [0.2, 0.25) is 0 Å². The number of rotatable bonds is 6. The number of likely N-dealkylation sites (tertiary alicyclic amines) is 1. The summed E-state index contributed by atoms with van der Waals surface area (Å²) >= 11 is 0. The maximum atomic E-state index is 12.6. The van der Waals surface area contributed by atoms with Gasteiger partial charge in [0, 0.05) is 30.9 Å². The number of hydrogen-bond acceptors (Lipinski definition) is 3. The van der Waals surface area contributed by atoms with Crippen molar-refractivity contribution < 1.29 is 4.79 Å². The van der Waals surface area contributed by atoms with Gasteiger partial charge in [0.2, 0.25) is 0 Å². The number of carbonyl (C=O) groups excluding carboxylic acids is 1. The summed E-state index contributed by atoms with van der Waals surface area (Å²) in [5, 5.41) is 3.05. The number of nitrogens with zero attached hydrogens (tertiary/aromatic N) is 2. The van der Waals surface area contributed by atoms with E-state index in [0.29, 0.717) is 18.7 Å². The van der Waals surface area contributed by atoms with Crippen molar-refractivity contribution in [3.05, 3.63) is 70.1 Å². The highest BCUT2D eigenvalue weighted by Crippen LogP contribution is 2.23. The number of nitrogens with one attached hydrogen (secondary N) is 1. The summed E-state index contributed by atoms with van der Waals surface area (Å²) < 4.78 is 1.58. The molecule has 1 aliphatic rings. The number of aromatic nitrogens is 1. The average Bonchev–Trinajstić information content (AvgIpc) is 2.98. The minimum Gasteiger partial charge on any atom is -0.350 e. The van der Waals surface area contributed by atoms with Crippen molar-refractivity contribution in [2.75, 3.05) is 19.6 Å². The summed E-state index contributed by atoms with van der Waals surface area (Å²) in [5.41, 5.74) is 1.51. The summed E-state index contributed by atoms with van der Waals surface area (Å²) in [4.78, 5) is 27.1. The van der Waals surface area contributed by atoms with Crippen LogP contribution in [0.4, 0.5) is 0 Å². The van der Waals surface area contributed by atoms with Gasteiger partial charge in [0.15, 0.2) is 0 Å². The second-order valence-electron chi connectivity index (χ2n) is 7.13. The van der Waals surface area contributed by atoms with Crippen molar-refractivity contribution in [1.29, 1.82) is 0 Å². The van der Waals surface area contributed by atoms with Crippen molar-refractivity contribution in [3.8, 4) is 0 Å². The molecule has 1 aromatic heterocycles. The van der Waals surface area contributed by atoms with E-state index >= 15 is 0 Å². The van der Waals surface area contributed by atoms with Gasteiger partial charge in [-0.3, -0.25) is 14.5 Å². The summed E-state index contributed by atoms with van der Waals surface area (Å²) in [6.07, 6.45) is 6.63. The summed E-state index contributed by atoms with van der Waals surface area (Å²) in [7, 11) is 0. The van der Waals surface area contributed by atoms with Gasteiger partial charge in [0.25, 0.3) is 11.5 Å². The molecule has 1 unspecified atom stereocenters. The van der Waals surface area contributed by atoms with E-state index < -0.39 is 0 Å². The van der Waals surface area contributed by atoms with E-state index in [1.54, 1.807) is 16.8 Å². The molecule has 1 amide bonds. The highest BCUT2D eigenvalue weighted by atomic mass is 16.2. The first-order valence-corrected chi connectivity index (χ1v) is 9.96. The molecule has 0 spiro atoms. The largest absolute Gasteiger partial charge is 0.350 e. The Morgan fingerprint density at radius 2 is 1.78 bits per heavy atom. The number of amides is 1.